The molecule has 1 fully saturated rings. The molecule has 5 heteroatoms. The maximum atomic E-state index is 12.2. The predicted molar refractivity (Wildman–Crippen MR) is 82.8 cm³/mol. The van der Waals surface area contributed by atoms with Gasteiger partial charge >= 0.3 is 0 Å². The van der Waals surface area contributed by atoms with Gasteiger partial charge in [-0.05, 0) is 41.8 Å². The highest BCUT2D eigenvalue weighted by molar-refractivity contribution is 9.10. The van der Waals surface area contributed by atoms with Crippen molar-refractivity contribution in [2.45, 2.75) is 57.6 Å². The number of carbonyl (C=O) groups is 1. The van der Waals surface area contributed by atoms with E-state index in [9.17, 15) is 9.90 Å². The SMILES string of the molecule is CCn1cc(Br)cc1C(=O)NCC1(O)CCCCCC1. The van der Waals surface area contributed by atoms with Crippen molar-refractivity contribution in [3.05, 3.63) is 22.4 Å². The zero-order chi connectivity index (χ0) is 14.6. The molecule has 0 unspecified atom stereocenters. The summed E-state index contributed by atoms with van der Waals surface area (Å²) in [4.78, 5) is 12.2. The van der Waals surface area contributed by atoms with Crippen LogP contribution in [0.3, 0.4) is 0 Å². The summed E-state index contributed by atoms with van der Waals surface area (Å²) in [7, 11) is 0. The van der Waals surface area contributed by atoms with Gasteiger partial charge in [-0.3, -0.25) is 4.79 Å². The van der Waals surface area contributed by atoms with Crippen LogP contribution in [-0.4, -0.2) is 27.7 Å². The van der Waals surface area contributed by atoms with Crippen molar-refractivity contribution in [1.82, 2.24) is 9.88 Å². The molecule has 20 heavy (non-hydrogen) atoms. The summed E-state index contributed by atoms with van der Waals surface area (Å²) in [6, 6.07) is 1.82. The summed E-state index contributed by atoms with van der Waals surface area (Å²) < 4.78 is 2.80. The van der Waals surface area contributed by atoms with Crippen LogP contribution in [0.1, 0.15) is 55.9 Å². The Morgan fingerprint density at radius 3 is 2.65 bits per heavy atom. The van der Waals surface area contributed by atoms with E-state index in [1.165, 1.54) is 12.8 Å². The van der Waals surface area contributed by atoms with E-state index in [4.69, 9.17) is 0 Å². The van der Waals surface area contributed by atoms with Crippen LogP contribution in [0.25, 0.3) is 0 Å². The van der Waals surface area contributed by atoms with Gasteiger partial charge in [0.15, 0.2) is 0 Å². The molecule has 0 aliphatic heterocycles. The average Bonchev–Trinajstić information content (AvgIpc) is 2.67. The molecule has 0 saturated heterocycles. The van der Waals surface area contributed by atoms with Crippen molar-refractivity contribution in [2.24, 2.45) is 0 Å². The first-order chi connectivity index (χ1) is 9.54. The normalized spacial score (nSPS) is 18.6. The van der Waals surface area contributed by atoms with Crippen LogP contribution in [0, 0.1) is 0 Å². The summed E-state index contributed by atoms with van der Waals surface area (Å²) in [6.45, 7) is 3.10. The van der Waals surface area contributed by atoms with Gasteiger partial charge < -0.3 is 15.0 Å². The Balaban J connectivity index is 1.97. The molecular weight excluding hydrogens is 320 g/mol. The number of aryl methyl sites for hydroxylation is 1. The van der Waals surface area contributed by atoms with Crippen LogP contribution in [0.4, 0.5) is 0 Å². The standard InChI is InChI=1S/C15H23BrN2O2/c1-2-18-10-12(16)9-13(18)14(19)17-11-15(20)7-5-3-4-6-8-15/h9-10,20H,2-8,11H2,1H3,(H,17,19). The van der Waals surface area contributed by atoms with E-state index in [-0.39, 0.29) is 5.91 Å². The summed E-state index contributed by atoms with van der Waals surface area (Å²) in [5.74, 6) is -0.116. The van der Waals surface area contributed by atoms with Gasteiger partial charge in [0.2, 0.25) is 0 Å². The number of halogens is 1. The lowest BCUT2D eigenvalue weighted by molar-refractivity contribution is 0.0245. The third kappa shape index (κ3) is 3.85. The maximum absolute atomic E-state index is 12.2. The van der Waals surface area contributed by atoms with E-state index in [0.717, 1.165) is 36.7 Å². The highest BCUT2D eigenvalue weighted by Crippen LogP contribution is 2.26. The Labute approximate surface area is 128 Å². The fourth-order valence-electron chi connectivity index (χ4n) is 2.83. The van der Waals surface area contributed by atoms with Crippen LogP contribution in [0.5, 0.6) is 0 Å². The van der Waals surface area contributed by atoms with Gasteiger partial charge in [0.05, 0.1) is 5.60 Å². The Hall–Kier alpha value is -0.810. The smallest absolute Gasteiger partial charge is 0.268 e. The van der Waals surface area contributed by atoms with Crippen molar-refractivity contribution in [2.75, 3.05) is 6.54 Å². The molecule has 1 saturated carbocycles. The molecule has 2 N–H and O–H groups in total. The third-order valence-electron chi connectivity index (χ3n) is 4.05. The number of nitrogens with zero attached hydrogens (tertiary/aromatic N) is 1. The molecule has 1 heterocycles. The molecule has 0 bridgehead atoms. The Morgan fingerprint density at radius 1 is 1.40 bits per heavy atom. The first kappa shape index (κ1) is 15.6. The number of aromatic nitrogens is 1. The summed E-state index contributed by atoms with van der Waals surface area (Å²) in [5.41, 5.74) is -0.0934. The highest BCUT2D eigenvalue weighted by Gasteiger charge is 2.28. The number of rotatable bonds is 4. The van der Waals surface area contributed by atoms with Crippen molar-refractivity contribution in [3.8, 4) is 0 Å². The number of aliphatic hydroxyl groups is 1. The quantitative estimate of drug-likeness (QED) is 0.826. The Kier molecular flexibility index (Phi) is 5.27. The fraction of sp³-hybridized carbons (Fsp3) is 0.667. The number of nitrogens with one attached hydrogen (secondary N) is 1. The molecule has 0 radical (unpaired) electrons. The van der Waals surface area contributed by atoms with Gasteiger partial charge in [-0.1, -0.05) is 25.7 Å². The Bertz CT molecular complexity index is 462. The van der Waals surface area contributed by atoms with Crippen LogP contribution in [0.2, 0.25) is 0 Å². The van der Waals surface area contributed by atoms with E-state index in [0.29, 0.717) is 12.2 Å². The molecular formula is C15H23BrN2O2. The molecule has 0 spiro atoms. The molecule has 112 valence electrons. The zero-order valence-electron chi connectivity index (χ0n) is 12.0. The van der Waals surface area contributed by atoms with Crippen molar-refractivity contribution in [3.63, 3.8) is 0 Å². The van der Waals surface area contributed by atoms with Crippen LogP contribution >= 0.6 is 15.9 Å². The minimum absolute atomic E-state index is 0.116. The summed E-state index contributed by atoms with van der Waals surface area (Å²) in [5, 5.41) is 13.4. The lowest BCUT2D eigenvalue weighted by atomic mass is 9.94. The van der Waals surface area contributed by atoms with Crippen molar-refractivity contribution >= 4 is 21.8 Å². The molecule has 1 amide bonds. The number of hydrogen-bond donors (Lipinski definition) is 2. The highest BCUT2D eigenvalue weighted by atomic mass is 79.9. The van der Waals surface area contributed by atoms with Gasteiger partial charge in [-0.15, -0.1) is 0 Å². The first-order valence-corrected chi connectivity index (χ1v) is 8.20. The predicted octanol–water partition coefficient (Wildman–Crippen LogP) is 3.09. The number of amides is 1. The van der Waals surface area contributed by atoms with E-state index < -0.39 is 5.60 Å². The zero-order valence-corrected chi connectivity index (χ0v) is 13.6. The van der Waals surface area contributed by atoms with Gasteiger partial charge in [-0.2, -0.15) is 0 Å². The summed E-state index contributed by atoms with van der Waals surface area (Å²) >= 11 is 3.39. The van der Waals surface area contributed by atoms with Gasteiger partial charge in [0.25, 0.3) is 5.91 Å². The minimum Gasteiger partial charge on any atom is -0.388 e. The van der Waals surface area contributed by atoms with E-state index >= 15 is 0 Å². The molecule has 0 aromatic carbocycles. The van der Waals surface area contributed by atoms with E-state index in [2.05, 4.69) is 21.2 Å². The molecule has 4 nitrogen and oxygen atoms in total. The molecule has 1 aromatic rings. The van der Waals surface area contributed by atoms with E-state index in [1.807, 2.05) is 23.8 Å². The van der Waals surface area contributed by atoms with Crippen molar-refractivity contribution < 1.29 is 9.90 Å². The Morgan fingerprint density at radius 2 is 2.05 bits per heavy atom. The van der Waals surface area contributed by atoms with Gasteiger partial charge in [0, 0.05) is 23.8 Å². The second-order valence-corrected chi connectivity index (χ2v) is 6.57. The topological polar surface area (TPSA) is 54.3 Å². The first-order valence-electron chi connectivity index (χ1n) is 7.40. The minimum atomic E-state index is -0.729. The third-order valence-corrected chi connectivity index (χ3v) is 4.48. The van der Waals surface area contributed by atoms with Gasteiger partial charge in [0.1, 0.15) is 5.69 Å². The maximum Gasteiger partial charge on any atom is 0.268 e. The van der Waals surface area contributed by atoms with Crippen LogP contribution in [-0.2, 0) is 6.54 Å². The summed E-state index contributed by atoms with van der Waals surface area (Å²) in [6.07, 6.45) is 7.92. The lowest BCUT2D eigenvalue weighted by Gasteiger charge is -2.26. The number of carbonyl (C=O) groups excluding carboxylic acids is 1. The van der Waals surface area contributed by atoms with Crippen molar-refractivity contribution in [1.29, 1.82) is 0 Å². The molecule has 1 aromatic heterocycles. The van der Waals surface area contributed by atoms with Gasteiger partial charge in [-0.25, -0.2) is 0 Å². The van der Waals surface area contributed by atoms with E-state index in [1.54, 1.807) is 0 Å². The molecule has 1 aliphatic rings. The van der Waals surface area contributed by atoms with Crippen LogP contribution < -0.4 is 5.32 Å². The average molecular weight is 343 g/mol. The largest absolute Gasteiger partial charge is 0.388 e. The molecule has 1 aliphatic carbocycles. The second kappa shape index (κ2) is 6.76. The lowest BCUT2D eigenvalue weighted by Crippen LogP contribution is -2.43. The monoisotopic (exact) mass is 342 g/mol. The second-order valence-electron chi connectivity index (χ2n) is 5.65. The fourth-order valence-corrected chi connectivity index (χ4v) is 3.29. The van der Waals surface area contributed by atoms with Crippen LogP contribution in [0.15, 0.2) is 16.7 Å². The molecule has 0 atom stereocenters. The number of hydrogen-bond acceptors (Lipinski definition) is 2. The molecule has 2 rings (SSSR count).